The van der Waals surface area contributed by atoms with Crippen LogP contribution in [-0.2, 0) is 9.53 Å². The SMILES string of the molecule is C#CCSCCNC(=O)N1CCOCC1C(=O)O. The van der Waals surface area contributed by atoms with E-state index in [1.807, 2.05) is 0 Å². The number of morpholine rings is 1. The van der Waals surface area contributed by atoms with Gasteiger partial charge in [0.05, 0.1) is 19.0 Å². The molecule has 1 heterocycles. The number of thioether (sulfide) groups is 1. The zero-order valence-corrected chi connectivity index (χ0v) is 10.7. The number of rotatable bonds is 5. The molecule has 1 rings (SSSR count). The molecule has 2 amide bonds. The first-order valence-electron chi connectivity index (χ1n) is 5.53. The summed E-state index contributed by atoms with van der Waals surface area (Å²) in [7, 11) is 0. The average molecular weight is 272 g/mol. The number of terminal acetylenes is 1. The van der Waals surface area contributed by atoms with Crippen LogP contribution in [0.2, 0.25) is 0 Å². The van der Waals surface area contributed by atoms with Crippen LogP contribution in [-0.4, -0.2) is 65.9 Å². The Bertz CT molecular complexity index is 342. The summed E-state index contributed by atoms with van der Waals surface area (Å²) in [5.74, 6) is 2.75. The summed E-state index contributed by atoms with van der Waals surface area (Å²) in [6, 6.07) is -1.27. The van der Waals surface area contributed by atoms with Crippen molar-refractivity contribution in [1.29, 1.82) is 0 Å². The number of carbonyl (C=O) groups is 2. The van der Waals surface area contributed by atoms with Crippen LogP contribution in [0.4, 0.5) is 4.79 Å². The standard InChI is InChI=1S/C11H16N2O4S/c1-2-6-18-7-3-12-11(16)13-4-5-17-8-9(13)10(14)15/h1,9H,3-8H2,(H,12,16)(H,14,15). The first-order valence-corrected chi connectivity index (χ1v) is 6.68. The minimum absolute atomic E-state index is 0.0363. The lowest BCUT2D eigenvalue weighted by atomic mass is 10.2. The monoisotopic (exact) mass is 272 g/mol. The van der Waals surface area contributed by atoms with Crippen molar-refractivity contribution in [3.63, 3.8) is 0 Å². The van der Waals surface area contributed by atoms with Gasteiger partial charge in [0.2, 0.25) is 0 Å². The molecular weight excluding hydrogens is 256 g/mol. The van der Waals surface area contributed by atoms with Crippen LogP contribution >= 0.6 is 11.8 Å². The van der Waals surface area contributed by atoms with Gasteiger partial charge in [-0.05, 0) is 0 Å². The molecule has 1 aliphatic rings. The van der Waals surface area contributed by atoms with E-state index in [9.17, 15) is 9.59 Å². The number of carbonyl (C=O) groups excluding carboxylic acids is 1. The molecule has 0 aliphatic carbocycles. The predicted molar refractivity (Wildman–Crippen MR) is 68.5 cm³/mol. The summed E-state index contributed by atoms with van der Waals surface area (Å²) in [5.41, 5.74) is 0. The van der Waals surface area contributed by atoms with Gasteiger partial charge >= 0.3 is 12.0 Å². The summed E-state index contributed by atoms with van der Waals surface area (Å²) >= 11 is 1.54. The minimum Gasteiger partial charge on any atom is -0.480 e. The lowest BCUT2D eigenvalue weighted by molar-refractivity contribution is -0.147. The zero-order chi connectivity index (χ0) is 13.4. The third-order valence-electron chi connectivity index (χ3n) is 2.38. The Morgan fingerprint density at radius 2 is 2.39 bits per heavy atom. The number of nitrogens with zero attached hydrogens (tertiary/aromatic N) is 1. The second kappa shape index (κ2) is 7.84. The number of carboxylic acids is 1. The highest BCUT2D eigenvalue weighted by Crippen LogP contribution is 2.07. The minimum atomic E-state index is -1.05. The number of amides is 2. The van der Waals surface area contributed by atoms with Crippen molar-refractivity contribution in [3.05, 3.63) is 0 Å². The summed E-state index contributed by atoms with van der Waals surface area (Å²) in [6.07, 6.45) is 5.09. The Balaban J connectivity index is 2.34. The molecule has 1 aliphatic heterocycles. The first-order chi connectivity index (χ1) is 8.66. The fourth-order valence-electron chi connectivity index (χ4n) is 1.51. The van der Waals surface area contributed by atoms with Gasteiger partial charge in [-0.1, -0.05) is 5.92 Å². The van der Waals surface area contributed by atoms with Gasteiger partial charge in [-0.2, -0.15) is 0 Å². The van der Waals surface area contributed by atoms with Gasteiger partial charge in [0.15, 0.2) is 6.04 Å². The van der Waals surface area contributed by atoms with E-state index in [2.05, 4.69) is 11.2 Å². The lowest BCUT2D eigenvalue weighted by Crippen LogP contribution is -2.55. The van der Waals surface area contributed by atoms with Crippen LogP contribution in [0.3, 0.4) is 0 Å². The summed E-state index contributed by atoms with van der Waals surface area (Å²) in [6.45, 7) is 1.16. The molecule has 7 heteroatoms. The van der Waals surface area contributed by atoms with E-state index in [4.69, 9.17) is 16.3 Å². The summed E-state index contributed by atoms with van der Waals surface area (Å²) in [4.78, 5) is 24.0. The summed E-state index contributed by atoms with van der Waals surface area (Å²) < 4.78 is 5.05. The van der Waals surface area contributed by atoms with E-state index in [-0.39, 0.29) is 12.6 Å². The Morgan fingerprint density at radius 1 is 1.61 bits per heavy atom. The largest absolute Gasteiger partial charge is 0.480 e. The Morgan fingerprint density at radius 3 is 3.06 bits per heavy atom. The van der Waals surface area contributed by atoms with Gasteiger partial charge in [0.25, 0.3) is 0 Å². The molecule has 1 saturated heterocycles. The normalized spacial score (nSPS) is 19.1. The topological polar surface area (TPSA) is 78.9 Å². The van der Waals surface area contributed by atoms with Crippen molar-refractivity contribution < 1.29 is 19.4 Å². The van der Waals surface area contributed by atoms with Crippen LogP contribution < -0.4 is 5.32 Å². The zero-order valence-electron chi connectivity index (χ0n) is 9.92. The third-order valence-corrected chi connectivity index (χ3v) is 3.25. The fraction of sp³-hybridized carbons (Fsp3) is 0.636. The highest BCUT2D eigenvalue weighted by Gasteiger charge is 2.32. The number of ether oxygens (including phenoxy) is 1. The number of aliphatic carboxylic acids is 1. The second-order valence-corrected chi connectivity index (χ2v) is 4.72. The molecule has 1 fully saturated rings. The van der Waals surface area contributed by atoms with Crippen molar-refractivity contribution in [2.45, 2.75) is 6.04 Å². The number of hydrogen-bond donors (Lipinski definition) is 2. The van der Waals surface area contributed by atoms with Crippen molar-refractivity contribution >= 4 is 23.8 Å². The van der Waals surface area contributed by atoms with Gasteiger partial charge in [-0.15, -0.1) is 18.2 Å². The fourth-order valence-corrected chi connectivity index (χ4v) is 2.02. The van der Waals surface area contributed by atoms with Gasteiger partial charge in [0.1, 0.15) is 0 Å². The number of urea groups is 1. The van der Waals surface area contributed by atoms with Gasteiger partial charge in [-0.3, -0.25) is 0 Å². The molecule has 0 saturated carbocycles. The van der Waals surface area contributed by atoms with Gasteiger partial charge < -0.3 is 20.1 Å². The Hall–Kier alpha value is -1.39. The molecule has 18 heavy (non-hydrogen) atoms. The Kier molecular flexibility index (Phi) is 6.39. The lowest BCUT2D eigenvalue weighted by Gasteiger charge is -2.32. The van der Waals surface area contributed by atoms with Gasteiger partial charge in [-0.25, -0.2) is 9.59 Å². The maximum absolute atomic E-state index is 11.8. The third kappa shape index (κ3) is 4.47. The highest BCUT2D eigenvalue weighted by atomic mass is 32.2. The van der Waals surface area contributed by atoms with Crippen LogP contribution in [0.5, 0.6) is 0 Å². The molecule has 0 radical (unpaired) electrons. The average Bonchev–Trinajstić information content (AvgIpc) is 2.38. The van der Waals surface area contributed by atoms with E-state index in [1.165, 1.54) is 16.7 Å². The number of carboxylic acid groups (broad SMARTS) is 1. The molecule has 0 bridgehead atoms. The number of hydrogen-bond acceptors (Lipinski definition) is 4. The highest BCUT2D eigenvalue weighted by molar-refractivity contribution is 7.99. The van der Waals surface area contributed by atoms with Crippen molar-refractivity contribution in [2.24, 2.45) is 0 Å². The quantitative estimate of drug-likeness (QED) is 0.537. The molecule has 1 unspecified atom stereocenters. The van der Waals surface area contributed by atoms with Crippen LogP contribution in [0, 0.1) is 12.3 Å². The van der Waals surface area contributed by atoms with E-state index in [0.717, 1.165) is 0 Å². The maximum Gasteiger partial charge on any atom is 0.328 e. The molecule has 0 aromatic rings. The van der Waals surface area contributed by atoms with Crippen molar-refractivity contribution in [2.75, 3.05) is 37.8 Å². The predicted octanol–water partition coefficient (Wildman–Crippen LogP) is -0.152. The van der Waals surface area contributed by atoms with Crippen LogP contribution in [0.1, 0.15) is 0 Å². The molecule has 1 atom stereocenters. The molecule has 0 aromatic heterocycles. The molecule has 6 nitrogen and oxygen atoms in total. The Labute approximate surface area is 110 Å². The molecule has 2 N–H and O–H groups in total. The summed E-state index contributed by atoms with van der Waals surface area (Å²) in [5, 5.41) is 11.6. The van der Waals surface area contributed by atoms with Crippen molar-refractivity contribution in [3.8, 4) is 12.3 Å². The van der Waals surface area contributed by atoms with E-state index < -0.39 is 12.0 Å². The number of nitrogens with one attached hydrogen (secondary N) is 1. The molecular formula is C11H16N2O4S. The van der Waals surface area contributed by atoms with Crippen molar-refractivity contribution in [1.82, 2.24) is 10.2 Å². The van der Waals surface area contributed by atoms with Crippen LogP contribution in [0.25, 0.3) is 0 Å². The second-order valence-electron chi connectivity index (χ2n) is 3.61. The smallest absolute Gasteiger partial charge is 0.328 e. The maximum atomic E-state index is 11.8. The first kappa shape index (κ1) is 14.7. The molecule has 0 spiro atoms. The van der Waals surface area contributed by atoms with E-state index >= 15 is 0 Å². The van der Waals surface area contributed by atoms with Gasteiger partial charge in [0, 0.05) is 18.8 Å². The van der Waals surface area contributed by atoms with E-state index in [0.29, 0.717) is 31.2 Å². The molecule has 100 valence electrons. The molecule has 0 aromatic carbocycles. The van der Waals surface area contributed by atoms with E-state index in [1.54, 1.807) is 0 Å². The van der Waals surface area contributed by atoms with Crippen LogP contribution in [0.15, 0.2) is 0 Å².